The molecule has 2 N–H and O–H groups in total. The van der Waals surface area contributed by atoms with Crippen LogP contribution in [0.3, 0.4) is 0 Å². The van der Waals surface area contributed by atoms with Gasteiger partial charge in [0.2, 0.25) is 0 Å². The summed E-state index contributed by atoms with van der Waals surface area (Å²) in [7, 11) is 0. The summed E-state index contributed by atoms with van der Waals surface area (Å²) in [5.74, 6) is 0.955. The van der Waals surface area contributed by atoms with Gasteiger partial charge in [0.15, 0.2) is 0 Å². The number of halogens is 3. The molecule has 1 fully saturated rings. The SMILES string of the molecule is O=C(Oc1ccc(C2CC[NH2+]CC2)cc1)c1c(I)ccc(I)c1I. The number of quaternary nitrogens is 1. The van der Waals surface area contributed by atoms with E-state index in [4.69, 9.17) is 4.74 Å². The van der Waals surface area contributed by atoms with Crippen molar-refractivity contribution in [3.05, 3.63) is 58.2 Å². The summed E-state index contributed by atoms with van der Waals surface area (Å²) >= 11 is 6.63. The van der Waals surface area contributed by atoms with E-state index in [0.29, 0.717) is 17.2 Å². The van der Waals surface area contributed by atoms with Crippen LogP contribution in [0.5, 0.6) is 5.75 Å². The highest BCUT2D eigenvalue weighted by molar-refractivity contribution is 14.1. The van der Waals surface area contributed by atoms with Crippen molar-refractivity contribution in [2.24, 2.45) is 0 Å². The molecule has 126 valence electrons. The van der Waals surface area contributed by atoms with Crippen LogP contribution in [0.15, 0.2) is 36.4 Å². The van der Waals surface area contributed by atoms with Crippen LogP contribution in [-0.4, -0.2) is 19.1 Å². The molecule has 3 rings (SSSR count). The Labute approximate surface area is 182 Å². The molecule has 1 saturated heterocycles. The molecule has 24 heavy (non-hydrogen) atoms. The Morgan fingerprint density at radius 3 is 2.25 bits per heavy atom. The number of hydrogen-bond donors (Lipinski definition) is 1. The zero-order valence-corrected chi connectivity index (χ0v) is 19.4. The van der Waals surface area contributed by atoms with Gasteiger partial charge in [-0.1, -0.05) is 12.1 Å². The molecular formula is C18H17I3NO2+. The summed E-state index contributed by atoms with van der Waals surface area (Å²) in [5, 5.41) is 2.37. The summed E-state index contributed by atoms with van der Waals surface area (Å²) in [5.41, 5.74) is 2.00. The molecule has 3 nitrogen and oxygen atoms in total. The van der Waals surface area contributed by atoms with E-state index in [9.17, 15) is 4.79 Å². The van der Waals surface area contributed by atoms with Crippen LogP contribution in [0.25, 0.3) is 0 Å². The predicted octanol–water partition coefficient (Wildman–Crippen LogP) is 4.16. The molecular weight excluding hydrogens is 643 g/mol. The van der Waals surface area contributed by atoms with Crippen LogP contribution in [0.1, 0.15) is 34.7 Å². The Hall–Kier alpha value is 0.0600. The smallest absolute Gasteiger partial charge is 0.345 e. The minimum absolute atomic E-state index is 0.290. The third kappa shape index (κ3) is 4.42. The molecule has 0 saturated carbocycles. The van der Waals surface area contributed by atoms with Crippen molar-refractivity contribution in [2.75, 3.05) is 13.1 Å². The maximum Gasteiger partial charge on any atom is 0.345 e. The van der Waals surface area contributed by atoms with E-state index >= 15 is 0 Å². The zero-order chi connectivity index (χ0) is 17.1. The zero-order valence-electron chi connectivity index (χ0n) is 12.9. The molecule has 0 radical (unpaired) electrons. The van der Waals surface area contributed by atoms with Crippen molar-refractivity contribution >= 4 is 73.7 Å². The maximum absolute atomic E-state index is 12.6. The van der Waals surface area contributed by atoms with Gasteiger partial charge in [0.1, 0.15) is 5.75 Å². The maximum atomic E-state index is 12.6. The number of nitrogens with two attached hydrogens (primary N) is 1. The summed E-state index contributed by atoms with van der Waals surface area (Å²) in [6.45, 7) is 2.40. The molecule has 1 aliphatic heterocycles. The largest absolute Gasteiger partial charge is 0.423 e. The number of piperidine rings is 1. The Balaban J connectivity index is 1.74. The lowest BCUT2D eigenvalue weighted by Gasteiger charge is -2.20. The second kappa shape index (κ2) is 8.63. The van der Waals surface area contributed by atoms with Crippen molar-refractivity contribution < 1.29 is 14.8 Å². The highest BCUT2D eigenvalue weighted by atomic mass is 127. The highest BCUT2D eigenvalue weighted by Crippen LogP contribution is 2.28. The Morgan fingerprint density at radius 2 is 1.58 bits per heavy atom. The van der Waals surface area contributed by atoms with E-state index in [1.165, 1.54) is 31.5 Å². The highest BCUT2D eigenvalue weighted by Gasteiger charge is 2.20. The molecule has 1 aliphatic rings. The summed E-state index contributed by atoms with van der Waals surface area (Å²) in [6.07, 6.45) is 2.44. The fourth-order valence-electron chi connectivity index (χ4n) is 2.94. The van der Waals surface area contributed by atoms with Gasteiger partial charge >= 0.3 is 5.97 Å². The first kappa shape index (κ1) is 18.8. The van der Waals surface area contributed by atoms with Crippen molar-refractivity contribution in [3.8, 4) is 5.75 Å². The Kier molecular flexibility index (Phi) is 6.77. The molecule has 1 heterocycles. The number of hydrogen-bond acceptors (Lipinski definition) is 2. The first-order valence-electron chi connectivity index (χ1n) is 7.83. The minimum Gasteiger partial charge on any atom is -0.423 e. The number of carbonyl (C=O) groups excluding carboxylic acids is 1. The quantitative estimate of drug-likeness (QED) is 0.233. The first-order chi connectivity index (χ1) is 11.6. The molecule has 0 aliphatic carbocycles. The van der Waals surface area contributed by atoms with Gasteiger partial charge in [-0.05, 0) is 104 Å². The first-order valence-corrected chi connectivity index (χ1v) is 11.1. The fraction of sp³-hybridized carbons (Fsp3) is 0.278. The minimum atomic E-state index is -0.290. The van der Waals surface area contributed by atoms with E-state index in [2.05, 4.69) is 85.2 Å². The third-order valence-corrected chi connectivity index (χ3v) is 8.20. The normalized spacial score (nSPS) is 15.3. The average Bonchev–Trinajstić information content (AvgIpc) is 2.60. The van der Waals surface area contributed by atoms with Gasteiger partial charge < -0.3 is 10.1 Å². The molecule has 0 bridgehead atoms. The third-order valence-electron chi connectivity index (χ3n) is 4.25. The van der Waals surface area contributed by atoms with Crippen LogP contribution in [0.2, 0.25) is 0 Å². The molecule has 2 aromatic rings. The summed E-state index contributed by atoms with van der Waals surface area (Å²) < 4.78 is 8.52. The number of ether oxygens (including phenoxy) is 1. The molecule has 0 atom stereocenters. The van der Waals surface area contributed by atoms with Gasteiger partial charge in [-0.2, -0.15) is 0 Å². The average molecular weight is 660 g/mol. The van der Waals surface area contributed by atoms with E-state index in [0.717, 1.165) is 10.7 Å². The second-order valence-corrected chi connectivity index (χ2v) is 9.22. The van der Waals surface area contributed by atoms with Crippen molar-refractivity contribution in [1.29, 1.82) is 0 Å². The lowest BCUT2D eigenvalue weighted by atomic mass is 9.90. The van der Waals surface area contributed by atoms with E-state index < -0.39 is 0 Å². The molecule has 0 aromatic heterocycles. The predicted molar refractivity (Wildman–Crippen MR) is 120 cm³/mol. The number of rotatable bonds is 3. The summed E-state index contributed by atoms with van der Waals surface area (Å²) in [6, 6.07) is 12.0. The fourth-order valence-corrected chi connectivity index (χ4v) is 5.27. The molecule has 6 heteroatoms. The molecule has 0 spiro atoms. The monoisotopic (exact) mass is 660 g/mol. The topological polar surface area (TPSA) is 42.9 Å². The van der Waals surface area contributed by atoms with E-state index in [-0.39, 0.29) is 5.97 Å². The van der Waals surface area contributed by atoms with Crippen molar-refractivity contribution in [1.82, 2.24) is 0 Å². The van der Waals surface area contributed by atoms with Crippen molar-refractivity contribution in [3.63, 3.8) is 0 Å². The van der Waals surface area contributed by atoms with Crippen molar-refractivity contribution in [2.45, 2.75) is 18.8 Å². The lowest BCUT2D eigenvalue weighted by molar-refractivity contribution is -0.663. The van der Waals surface area contributed by atoms with Gasteiger partial charge in [-0.15, -0.1) is 0 Å². The van der Waals surface area contributed by atoms with E-state index in [1.807, 2.05) is 24.3 Å². The van der Waals surface area contributed by atoms with Crippen LogP contribution in [-0.2, 0) is 0 Å². The molecule has 0 unspecified atom stereocenters. The summed E-state index contributed by atoms with van der Waals surface area (Å²) in [4.78, 5) is 12.6. The molecule has 0 amide bonds. The standard InChI is InChI=1S/C18H16I3NO2/c19-14-5-6-15(20)17(21)16(14)18(23)24-13-3-1-11(2-4-13)12-7-9-22-10-8-12/h1-6,12,22H,7-10H2/p+1. The van der Waals surface area contributed by atoms with E-state index in [1.54, 1.807) is 0 Å². The lowest BCUT2D eigenvalue weighted by Crippen LogP contribution is -2.86. The van der Waals surface area contributed by atoms with Crippen LogP contribution in [0, 0.1) is 10.7 Å². The van der Waals surface area contributed by atoms with Gasteiger partial charge in [0.05, 0.1) is 18.7 Å². The van der Waals surface area contributed by atoms with Crippen LogP contribution < -0.4 is 10.1 Å². The van der Waals surface area contributed by atoms with Crippen LogP contribution in [0.4, 0.5) is 0 Å². The molecule has 2 aromatic carbocycles. The van der Waals surface area contributed by atoms with Crippen LogP contribution >= 0.6 is 67.8 Å². The van der Waals surface area contributed by atoms with Gasteiger partial charge in [0.25, 0.3) is 0 Å². The number of benzene rings is 2. The van der Waals surface area contributed by atoms with Gasteiger partial charge in [-0.3, -0.25) is 0 Å². The Morgan fingerprint density at radius 1 is 0.958 bits per heavy atom. The second-order valence-electron chi connectivity index (χ2n) is 5.82. The van der Waals surface area contributed by atoms with Gasteiger partial charge in [0, 0.05) is 23.6 Å². The van der Waals surface area contributed by atoms with Gasteiger partial charge in [-0.25, -0.2) is 4.79 Å². The Bertz CT molecular complexity index is 741. The number of carbonyl (C=O) groups is 1. The number of esters is 1.